The third-order valence-corrected chi connectivity index (χ3v) is 5.24. The zero-order chi connectivity index (χ0) is 18.5. The van der Waals surface area contributed by atoms with Crippen molar-refractivity contribution in [2.75, 3.05) is 14.2 Å². The number of allylic oxidation sites excluding steroid dienone is 1. The van der Waals surface area contributed by atoms with Gasteiger partial charge in [0.1, 0.15) is 22.1 Å². The topological polar surface area (TPSA) is 68.1 Å². The molecular formula is C20H19NO4S. The van der Waals surface area contributed by atoms with Crippen LogP contribution in [0.1, 0.15) is 17.2 Å². The maximum absolute atomic E-state index is 12.2. The molecule has 2 aromatic carbocycles. The minimum Gasteiger partial charge on any atom is -0.511 e. The predicted octanol–water partition coefficient (Wildman–Crippen LogP) is 4.59. The number of nitrogens with zero attached hydrogens (tertiary/aromatic N) is 1. The molecule has 1 atom stereocenters. The van der Waals surface area contributed by atoms with Crippen LogP contribution in [0, 0.1) is 0 Å². The Kier molecular flexibility index (Phi) is 5.63. The second kappa shape index (κ2) is 8.10. The Bertz CT molecular complexity index is 844. The van der Waals surface area contributed by atoms with Crippen LogP contribution in [0.15, 0.2) is 70.9 Å². The number of thioether (sulfide) groups is 1. The Morgan fingerprint density at radius 1 is 1.12 bits per heavy atom. The molecule has 0 radical (unpaired) electrons. The monoisotopic (exact) mass is 369 g/mol. The van der Waals surface area contributed by atoms with Gasteiger partial charge in [-0.15, -0.1) is 0 Å². The highest BCUT2D eigenvalue weighted by Gasteiger charge is 2.32. The molecule has 1 aliphatic rings. The smallest absolute Gasteiger partial charge is 0.344 e. The number of aliphatic imine (C=N–C) groups is 1. The van der Waals surface area contributed by atoms with Crippen LogP contribution >= 0.6 is 11.8 Å². The summed E-state index contributed by atoms with van der Waals surface area (Å²) in [6, 6.07) is 17.0. The van der Waals surface area contributed by atoms with Crippen LogP contribution in [0.4, 0.5) is 5.69 Å². The Hall–Kier alpha value is -2.73. The lowest BCUT2D eigenvalue weighted by Crippen LogP contribution is -2.20. The van der Waals surface area contributed by atoms with Crippen molar-refractivity contribution in [2.45, 2.75) is 11.7 Å². The number of hydrogen-bond donors (Lipinski definition) is 1. The molecule has 6 heteroatoms. The lowest BCUT2D eigenvalue weighted by atomic mass is 10.1. The summed E-state index contributed by atoms with van der Waals surface area (Å²) in [7, 11) is 2.89. The van der Waals surface area contributed by atoms with Gasteiger partial charge in [-0.2, -0.15) is 0 Å². The van der Waals surface area contributed by atoms with E-state index in [9.17, 15) is 9.90 Å². The number of esters is 1. The van der Waals surface area contributed by atoms with Crippen molar-refractivity contribution in [1.29, 1.82) is 0 Å². The maximum Gasteiger partial charge on any atom is 0.344 e. The lowest BCUT2D eigenvalue weighted by Gasteiger charge is -2.24. The number of methoxy groups -OCH3 is 2. The number of rotatable bonds is 4. The standard InChI is InChI=1S/C20H19NO4S/c1-24-15-10-8-14(9-11-15)21-19-18(20(23)25-2)16(22)12-17(26-19)13-6-4-3-5-7-13/h3-11,17,22H,12H2,1-2H3/t17-/m1/s1. The SMILES string of the molecule is COC(=O)C1=C(O)C[C@H](c2ccccc2)SC1=Nc1ccc(OC)cc1. The van der Waals surface area contributed by atoms with Gasteiger partial charge in [-0.3, -0.25) is 0 Å². The second-order valence-electron chi connectivity index (χ2n) is 5.65. The van der Waals surface area contributed by atoms with E-state index < -0.39 is 5.97 Å². The summed E-state index contributed by atoms with van der Waals surface area (Å²) < 4.78 is 9.99. The molecule has 2 aromatic rings. The van der Waals surface area contributed by atoms with Crippen molar-refractivity contribution in [3.63, 3.8) is 0 Å². The number of aliphatic hydroxyl groups excluding tert-OH is 1. The molecule has 26 heavy (non-hydrogen) atoms. The molecule has 0 amide bonds. The molecule has 0 unspecified atom stereocenters. The van der Waals surface area contributed by atoms with Gasteiger partial charge in [0.05, 0.1) is 19.9 Å². The molecule has 0 saturated carbocycles. The Balaban J connectivity index is 2.00. The highest BCUT2D eigenvalue weighted by atomic mass is 32.2. The van der Waals surface area contributed by atoms with E-state index >= 15 is 0 Å². The Morgan fingerprint density at radius 2 is 1.81 bits per heavy atom. The first-order valence-corrected chi connectivity index (χ1v) is 8.95. The van der Waals surface area contributed by atoms with E-state index in [1.807, 2.05) is 30.3 Å². The Morgan fingerprint density at radius 3 is 2.42 bits per heavy atom. The summed E-state index contributed by atoms with van der Waals surface area (Å²) in [4.78, 5) is 16.7. The number of carbonyl (C=O) groups is 1. The molecule has 0 bridgehead atoms. The van der Waals surface area contributed by atoms with E-state index in [0.29, 0.717) is 17.2 Å². The second-order valence-corrected chi connectivity index (χ2v) is 6.84. The molecule has 134 valence electrons. The van der Waals surface area contributed by atoms with Gasteiger partial charge in [-0.1, -0.05) is 42.1 Å². The molecule has 0 aromatic heterocycles. The fourth-order valence-corrected chi connectivity index (χ4v) is 3.93. The molecule has 1 N–H and O–H groups in total. The van der Waals surface area contributed by atoms with Crippen LogP contribution in [0.5, 0.6) is 5.75 Å². The summed E-state index contributed by atoms with van der Waals surface area (Å²) in [5.74, 6) is 0.129. The molecule has 1 heterocycles. The zero-order valence-corrected chi connectivity index (χ0v) is 15.3. The first-order valence-electron chi connectivity index (χ1n) is 8.07. The van der Waals surface area contributed by atoms with Gasteiger partial charge in [-0.25, -0.2) is 9.79 Å². The molecule has 5 nitrogen and oxygen atoms in total. The number of benzene rings is 2. The van der Waals surface area contributed by atoms with Crippen molar-refractivity contribution >= 4 is 28.5 Å². The van der Waals surface area contributed by atoms with E-state index in [1.165, 1.54) is 18.9 Å². The maximum atomic E-state index is 12.2. The van der Waals surface area contributed by atoms with E-state index in [4.69, 9.17) is 9.47 Å². The summed E-state index contributed by atoms with van der Waals surface area (Å²) >= 11 is 1.44. The van der Waals surface area contributed by atoms with Crippen molar-refractivity contribution in [2.24, 2.45) is 4.99 Å². The average molecular weight is 369 g/mol. The van der Waals surface area contributed by atoms with Crippen LogP contribution in [-0.2, 0) is 9.53 Å². The lowest BCUT2D eigenvalue weighted by molar-refractivity contribution is -0.135. The number of ether oxygens (including phenoxy) is 2. The van der Waals surface area contributed by atoms with E-state index in [1.54, 1.807) is 31.4 Å². The fourth-order valence-electron chi connectivity index (χ4n) is 2.65. The molecule has 0 aliphatic carbocycles. The summed E-state index contributed by atoms with van der Waals surface area (Å²) in [6.45, 7) is 0. The van der Waals surface area contributed by atoms with Gasteiger partial charge in [0.2, 0.25) is 0 Å². The van der Waals surface area contributed by atoms with Gasteiger partial charge >= 0.3 is 5.97 Å². The van der Waals surface area contributed by atoms with Crippen LogP contribution in [0.25, 0.3) is 0 Å². The third kappa shape index (κ3) is 3.91. The number of carbonyl (C=O) groups excluding carboxylic acids is 1. The van der Waals surface area contributed by atoms with Crippen LogP contribution in [0.2, 0.25) is 0 Å². The fraction of sp³-hybridized carbons (Fsp3) is 0.200. The van der Waals surface area contributed by atoms with Gasteiger partial charge in [-0.05, 0) is 29.8 Å². The highest BCUT2D eigenvalue weighted by molar-refractivity contribution is 8.14. The van der Waals surface area contributed by atoms with Crippen LogP contribution in [-0.4, -0.2) is 30.3 Å². The van der Waals surface area contributed by atoms with Gasteiger partial charge in [0.15, 0.2) is 0 Å². The highest BCUT2D eigenvalue weighted by Crippen LogP contribution is 2.43. The largest absolute Gasteiger partial charge is 0.511 e. The third-order valence-electron chi connectivity index (χ3n) is 4.00. The first kappa shape index (κ1) is 18.1. The number of hydrogen-bond acceptors (Lipinski definition) is 6. The zero-order valence-electron chi connectivity index (χ0n) is 14.5. The van der Waals surface area contributed by atoms with E-state index in [-0.39, 0.29) is 16.6 Å². The van der Waals surface area contributed by atoms with Crippen LogP contribution < -0.4 is 4.74 Å². The predicted molar refractivity (Wildman–Crippen MR) is 103 cm³/mol. The molecule has 0 saturated heterocycles. The molecule has 0 fully saturated rings. The van der Waals surface area contributed by atoms with Crippen molar-refractivity contribution < 1.29 is 19.4 Å². The summed E-state index contributed by atoms with van der Waals surface area (Å²) in [6.07, 6.45) is 0.348. The van der Waals surface area contributed by atoms with Crippen molar-refractivity contribution in [1.82, 2.24) is 0 Å². The van der Waals surface area contributed by atoms with Crippen molar-refractivity contribution in [3.8, 4) is 5.75 Å². The van der Waals surface area contributed by atoms with Crippen LogP contribution in [0.3, 0.4) is 0 Å². The van der Waals surface area contributed by atoms with Crippen molar-refractivity contribution in [3.05, 3.63) is 71.5 Å². The molecule has 1 aliphatic heterocycles. The van der Waals surface area contributed by atoms with E-state index in [2.05, 4.69) is 4.99 Å². The molecule has 0 spiro atoms. The average Bonchev–Trinajstić information content (AvgIpc) is 2.68. The Labute approximate surface area is 156 Å². The molecular weight excluding hydrogens is 350 g/mol. The summed E-state index contributed by atoms with van der Waals surface area (Å²) in [5, 5.41) is 10.9. The van der Waals surface area contributed by atoms with Gasteiger partial charge in [0.25, 0.3) is 0 Å². The van der Waals surface area contributed by atoms with E-state index in [0.717, 1.165) is 11.3 Å². The normalized spacial score (nSPS) is 18.7. The van der Waals surface area contributed by atoms with Gasteiger partial charge < -0.3 is 14.6 Å². The first-order chi connectivity index (χ1) is 12.6. The minimum absolute atomic E-state index is 0.00304. The minimum atomic E-state index is -0.589. The summed E-state index contributed by atoms with van der Waals surface area (Å²) in [5.41, 5.74) is 1.85. The quantitative estimate of drug-likeness (QED) is 0.799. The van der Waals surface area contributed by atoms with Gasteiger partial charge in [0, 0.05) is 11.7 Å². The number of aliphatic hydroxyl groups is 1. The molecule has 3 rings (SSSR count).